The van der Waals surface area contributed by atoms with Crippen LogP contribution in [0, 0.1) is 0 Å². The minimum atomic E-state index is -3.09. The molecule has 3 nitrogen and oxygen atoms in total. The molecule has 1 rings (SSSR count). The lowest BCUT2D eigenvalue weighted by molar-refractivity contribution is 0.588. The third-order valence-electron chi connectivity index (χ3n) is 1.67. The van der Waals surface area contributed by atoms with E-state index in [0.717, 1.165) is 11.8 Å². The summed E-state index contributed by atoms with van der Waals surface area (Å²) in [6, 6.07) is 7.37. The van der Waals surface area contributed by atoms with E-state index in [1.165, 1.54) is 0 Å². The number of benzene rings is 1. The first-order valence-corrected chi connectivity index (χ1v) is 6.43. The average molecular weight is 234 g/mol. The lowest BCUT2D eigenvalue weighted by Crippen LogP contribution is -2.24. The van der Waals surface area contributed by atoms with Crippen LogP contribution in [0.15, 0.2) is 24.3 Å². The van der Waals surface area contributed by atoms with Crippen LogP contribution in [0.25, 0.3) is 0 Å². The topological polar surface area (TPSA) is 46.2 Å². The predicted molar refractivity (Wildman–Crippen MR) is 58.0 cm³/mol. The summed E-state index contributed by atoms with van der Waals surface area (Å²) < 4.78 is 23.9. The van der Waals surface area contributed by atoms with E-state index in [-0.39, 0.29) is 0 Å². The zero-order valence-corrected chi connectivity index (χ0v) is 9.40. The molecule has 0 spiro atoms. The maximum absolute atomic E-state index is 10.8. The molecule has 0 heterocycles. The molecule has 14 heavy (non-hydrogen) atoms. The van der Waals surface area contributed by atoms with Crippen molar-refractivity contribution in [2.45, 2.75) is 6.42 Å². The highest BCUT2D eigenvalue weighted by molar-refractivity contribution is 7.88. The molecule has 1 aromatic rings. The van der Waals surface area contributed by atoms with Gasteiger partial charge in [-0.1, -0.05) is 23.7 Å². The molecule has 0 aliphatic carbocycles. The zero-order chi connectivity index (χ0) is 10.6. The number of sulfonamides is 1. The Morgan fingerprint density at radius 2 is 2.14 bits per heavy atom. The Morgan fingerprint density at radius 1 is 1.43 bits per heavy atom. The Kier molecular flexibility index (Phi) is 3.92. The molecule has 0 aromatic heterocycles. The summed E-state index contributed by atoms with van der Waals surface area (Å²) in [6.07, 6.45) is 1.79. The van der Waals surface area contributed by atoms with Gasteiger partial charge in [0.15, 0.2) is 0 Å². The highest BCUT2D eigenvalue weighted by Gasteiger charge is 2.00. The monoisotopic (exact) mass is 233 g/mol. The molecule has 1 aromatic carbocycles. The Labute approximate surface area is 89.1 Å². The Bertz CT molecular complexity index is 403. The molecule has 0 radical (unpaired) electrons. The van der Waals surface area contributed by atoms with E-state index in [0.29, 0.717) is 18.0 Å². The highest BCUT2D eigenvalue weighted by Crippen LogP contribution is 2.10. The second-order valence-corrected chi connectivity index (χ2v) is 5.32. The number of hydrogen-bond donors (Lipinski definition) is 1. The number of hydrogen-bond acceptors (Lipinski definition) is 2. The van der Waals surface area contributed by atoms with E-state index < -0.39 is 10.0 Å². The van der Waals surface area contributed by atoms with Gasteiger partial charge in [-0.2, -0.15) is 0 Å². The molecule has 0 saturated heterocycles. The van der Waals surface area contributed by atoms with Gasteiger partial charge in [0.1, 0.15) is 0 Å². The normalized spacial score (nSPS) is 11.6. The summed E-state index contributed by atoms with van der Waals surface area (Å²) in [5, 5.41) is 0.668. The second kappa shape index (κ2) is 4.77. The van der Waals surface area contributed by atoms with Crippen LogP contribution in [0.3, 0.4) is 0 Å². The Balaban J connectivity index is 2.47. The fourth-order valence-corrected chi connectivity index (χ4v) is 1.76. The van der Waals surface area contributed by atoms with Crippen LogP contribution in [-0.2, 0) is 16.4 Å². The SMILES string of the molecule is CS(=O)(=O)NCCc1cccc(Cl)c1. The van der Waals surface area contributed by atoms with Gasteiger partial charge in [0, 0.05) is 11.6 Å². The molecule has 0 aliphatic heterocycles. The molecule has 0 fully saturated rings. The van der Waals surface area contributed by atoms with Crippen LogP contribution in [0.2, 0.25) is 5.02 Å². The summed E-state index contributed by atoms with van der Waals surface area (Å²) >= 11 is 5.78. The molecular formula is C9H12ClNO2S. The van der Waals surface area contributed by atoms with Crippen molar-refractivity contribution < 1.29 is 8.42 Å². The van der Waals surface area contributed by atoms with Crippen LogP contribution in [-0.4, -0.2) is 21.2 Å². The summed E-state index contributed by atoms with van der Waals surface area (Å²) in [7, 11) is -3.09. The van der Waals surface area contributed by atoms with Gasteiger partial charge in [-0.15, -0.1) is 0 Å². The van der Waals surface area contributed by atoms with E-state index in [1.54, 1.807) is 6.07 Å². The second-order valence-electron chi connectivity index (χ2n) is 3.05. The van der Waals surface area contributed by atoms with Crippen molar-refractivity contribution in [3.05, 3.63) is 34.9 Å². The lowest BCUT2D eigenvalue weighted by Gasteiger charge is -2.02. The van der Waals surface area contributed by atoms with Gasteiger partial charge in [0.2, 0.25) is 10.0 Å². The largest absolute Gasteiger partial charge is 0.215 e. The fraction of sp³-hybridized carbons (Fsp3) is 0.333. The number of rotatable bonds is 4. The average Bonchev–Trinajstić information content (AvgIpc) is 2.01. The van der Waals surface area contributed by atoms with Crippen LogP contribution >= 0.6 is 11.6 Å². The van der Waals surface area contributed by atoms with Crippen molar-refractivity contribution >= 4 is 21.6 Å². The van der Waals surface area contributed by atoms with Gasteiger partial charge in [-0.3, -0.25) is 0 Å². The number of halogens is 1. The fourth-order valence-electron chi connectivity index (χ4n) is 1.07. The summed E-state index contributed by atoms with van der Waals surface area (Å²) in [5.41, 5.74) is 1.02. The summed E-state index contributed by atoms with van der Waals surface area (Å²) in [5.74, 6) is 0. The first-order valence-electron chi connectivity index (χ1n) is 4.16. The predicted octanol–water partition coefficient (Wildman–Crippen LogP) is 1.43. The van der Waals surface area contributed by atoms with Gasteiger partial charge in [-0.25, -0.2) is 13.1 Å². The third kappa shape index (κ3) is 4.60. The van der Waals surface area contributed by atoms with Crippen molar-refractivity contribution in [3.63, 3.8) is 0 Å². The molecule has 0 amide bonds. The maximum atomic E-state index is 10.8. The van der Waals surface area contributed by atoms with Crippen molar-refractivity contribution in [2.24, 2.45) is 0 Å². The van der Waals surface area contributed by atoms with E-state index in [9.17, 15) is 8.42 Å². The van der Waals surface area contributed by atoms with Crippen molar-refractivity contribution in [2.75, 3.05) is 12.8 Å². The van der Waals surface area contributed by atoms with Crippen LogP contribution in [0.5, 0.6) is 0 Å². The number of nitrogens with one attached hydrogen (secondary N) is 1. The minimum Gasteiger partial charge on any atom is -0.215 e. The van der Waals surface area contributed by atoms with Crippen molar-refractivity contribution in [1.29, 1.82) is 0 Å². The van der Waals surface area contributed by atoms with Crippen molar-refractivity contribution in [3.8, 4) is 0 Å². The van der Waals surface area contributed by atoms with Gasteiger partial charge >= 0.3 is 0 Å². The molecular weight excluding hydrogens is 222 g/mol. The molecule has 78 valence electrons. The standard InChI is InChI=1S/C9H12ClNO2S/c1-14(12,13)11-6-5-8-3-2-4-9(10)7-8/h2-4,7,11H,5-6H2,1H3. The van der Waals surface area contributed by atoms with Crippen LogP contribution < -0.4 is 4.72 Å². The van der Waals surface area contributed by atoms with Crippen LogP contribution in [0.1, 0.15) is 5.56 Å². The minimum absolute atomic E-state index is 0.402. The van der Waals surface area contributed by atoms with E-state index in [1.807, 2.05) is 18.2 Å². The zero-order valence-electron chi connectivity index (χ0n) is 7.83. The molecule has 0 bridgehead atoms. The molecule has 0 atom stereocenters. The molecule has 0 saturated carbocycles. The first kappa shape index (κ1) is 11.5. The summed E-state index contributed by atoms with van der Waals surface area (Å²) in [6.45, 7) is 0.402. The molecule has 0 unspecified atom stereocenters. The van der Waals surface area contributed by atoms with Gasteiger partial charge < -0.3 is 0 Å². The lowest BCUT2D eigenvalue weighted by atomic mass is 10.2. The van der Waals surface area contributed by atoms with E-state index >= 15 is 0 Å². The van der Waals surface area contributed by atoms with Crippen molar-refractivity contribution in [1.82, 2.24) is 4.72 Å². The van der Waals surface area contributed by atoms with E-state index in [2.05, 4.69) is 4.72 Å². The smallest absolute Gasteiger partial charge is 0.208 e. The molecule has 0 aliphatic rings. The van der Waals surface area contributed by atoms with E-state index in [4.69, 9.17) is 11.6 Å². The van der Waals surface area contributed by atoms with Gasteiger partial charge in [0.25, 0.3) is 0 Å². The van der Waals surface area contributed by atoms with Crippen LogP contribution in [0.4, 0.5) is 0 Å². The summed E-state index contributed by atoms with van der Waals surface area (Å²) in [4.78, 5) is 0. The van der Waals surface area contributed by atoms with Gasteiger partial charge in [0.05, 0.1) is 6.26 Å². The Hall–Kier alpha value is -0.580. The quantitative estimate of drug-likeness (QED) is 0.855. The third-order valence-corrected chi connectivity index (χ3v) is 2.63. The molecule has 5 heteroatoms. The van der Waals surface area contributed by atoms with Gasteiger partial charge in [-0.05, 0) is 24.1 Å². The first-order chi connectivity index (χ1) is 6.47. The maximum Gasteiger partial charge on any atom is 0.208 e. The highest BCUT2D eigenvalue weighted by atomic mass is 35.5. The molecule has 1 N–H and O–H groups in total. The Morgan fingerprint density at radius 3 is 2.71 bits per heavy atom.